The van der Waals surface area contributed by atoms with Crippen LogP contribution in [-0.4, -0.2) is 36.9 Å². The zero-order valence-corrected chi connectivity index (χ0v) is 11.3. The van der Waals surface area contributed by atoms with E-state index in [4.69, 9.17) is 14.2 Å². The van der Waals surface area contributed by atoms with Crippen LogP contribution in [0.1, 0.15) is 27.7 Å². The normalized spacial score (nSPS) is 25.6. The molecule has 102 valence electrons. The van der Waals surface area contributed by atoms with Gasteiger partial charge in [-0.05, 0) is 20.8 Å². The Labute approximate surface area is 107 Å². The van der Waals surface area contributed by atoms with Crippen LogP contribution < -0.4 is 0 Å². The molecule has 0 fully saturated rings. The van der Waals surface area contributed by atoms with Crippen LogP contribution in [0.5, 0.6) is 0 Å². The van der Waals surface area contributed by atoms with Gasteiger partial charge in [-0.25, -0.2) is 9.59 Å². The van der Waals surface area contributed by atoms with Crippen LogP contribution in [0, 0.1) is 5.92 Å². The van der Waals surface area contributed by atoms with Gasteiger partial charge in [0.2, 0.25) is 0 Å². The van der Waals surface area contributed by atoms with Crippen molar-refractivity contribution < 1.29 is 23.8 Å². The van der Waals surface area contributed by atoms with E-state index in [0.29, 0.717) is 0 Å². The van der Waals surface area contributed by atoms with Crippen LogP contribution in [0.3, 0.4) is 0 Å². The fraction of sp³-hybridized carbons (Fsp3) is 0.692. The molecule has 1 aliphatic rings. The van der Waals surface area contributed by atoms with Crippen LogP contribution in [-0.2, 0) is 23.8 Å². The fourth-order valence-corrected chi connectivity index (χ4v) is 1.93. The van der Waals surface area contributed by atoms with Crippen molar-refractivity contribution in [3.8, 4) is 0 Å². The maximum absolute atomic E-state index is 12.1. The Morgan fingerprint density at radius 2 is 1.61 bits per heavy atom. The van der Waals surface area contributed by atoms with Gasteiger partial charge in [-0.1, -0.05) is 19.1 Å². The van der Waals surface area contributed by atoms with Gasteiger partial charge in [-0.3, -0.25) is 0 Å². The highest BCUT2D eigenvalue weighted by Crippen LogP contribution is 2.32. The second kappa shape index (κ2) is 6.00. The molecule has 0 aromatic heterocycles. The minimum atomic E-state index is -1.68. The van der Waals surface area contributed by atoms with Gasteiger partial charge in [-0.15, -0.1) is 0 Å². The minimum Gasteiger partial charge on any atom is -0.463 e. The molecule has 0 amide bonds. The smallest absolute Gasteiger partial charge is 0.350 e. The standard InChI is InChI=1S/C13H20O5/c1-5-16-11(14)13(12(15)17-6-2)9(3)7-8-10(4)18-13/h7-10H,5-6H2,1-4H3/t9-,10-/m0/s1. The van der Waals surface area contributed by atoms with E-state index in [0.717, 1.165) is 0 Å². The summed E-state index contributed by atoms with van der Waals surface area (Å²) in [4.78, 5) is 24.2. The maximum Gasteiger partial charge on any atom is 0.350 e. The zero-order valence-electron chi connectivity index (χ0n) is 11.3. The van der Waals surface area contributed by atoms with Crippen molar-refractivity contribution >= 4 is 11.9 Å². The molecule has 0 saturated heterocycles. The highest BCUT2D eigenvalue weighted by molar-refractivity contribution is 6.04. The first kappa shape index (κ1) is 14.7. The third-order valence-electron chi connectivity index (χ3n) is 2.84. The predicted octanol–water partition coefficient (Wildman–Crippen LogP) is 1.46. The van der Waals surface area contributed by atoms with E-state index in [1.54, 1.807) is 39.8 Å². The highest BCUT2D eigenvalue weighted by atomic mass is 16.6. The predicted molar refractivity (Wildman–Crippen MR) is 64.8 cm³/mol. The van der Waals surface area contributed by atoms with Gasteiger partial charge in [0.25, 0.3) is 5.60 Å². The molecule has 5 heteroatoms. The third kappa shape index (κ3) is 2.56. The second-order valence-corrected chi connectivity index (χ2v) is 4.17. The summed E-state index contributed by atoms with van der Waals surface area (Å²) in [6.45, 7) is 7.24. The summed E-state index contributed by atoms with van der Waals surface area (Å²) in [7, 11) is 0. The second-order valence-electron chi connectivity index (χ2n) is 4.17. The summed E-state index contributed by atoms with van der Waals surface area (Å²) < 4.78 is 15.5. The molecule has 0 N–H and O–H groups in total. The Bertz CT molecular complexity index is 329. The van der Waals surface area contributed by atoms with Gasteiger partial charge in [0, 0.05) is 5.92 Å². The number of rotatable bonds is 4. The van der Waals surface area contributed by atoms with Crippen molar-refractivity contribution in [1.29, 1.82) is 0 Å². The van der Waals surface area contributed by atoms with Crippen LogP contribution in [0.15, 0.2) is 12.2 Å². The molecule has 0 saturated carbocycles. The number of hydrogen-bond donors (Lipinski definition) is 0. The highest BCUT2D eigenvalue weighted by Gasteiger charge is 2.56. The molecule has 0 unspecified atom stereocenters. The van der Waals surface area contributed by atoms with E-state index in [-0.39, 0.29) is 19.3 Å². The van der Waals surface area contributed by atoms with Crippen LogP contribution in [0.4, 0.5) is 0 Å². The van der Waals surface area contributed by atoms with E-state index in [1.807, 2.05) is 0 Å². The lowest BCUT2D eigenvalue weighted by Crippen LogP contribution is -2.58. The van der Waals surface area contributed by atoms with Crippen molar-refractivity contribution in [2.24, 2.45) is 5.92 Å². The molecule has 5 nitrogen and oxygen atoms in total. The van der Waals surface area contributed by atoms with Gasteiger partial charge < -0.3 is 14.2 Å². The third-order valence-corrected chi connectivity index (χ3v) is 2.84. The maximum atomic E-state index is 12.1. The monoisotopic (exact) mass is 256 g/mol. The minimum absolute atomic E-state index is 0.189. The largest absolute Gasteiger partial charge is 0.463 e. The number of esters is 2. The Kier molecular flexibility index (Phi) is 4.90. The van der Waals surface area contributed by atoms with Gasteiger partial charge >= 0.3 is 11.9 Å². The summed E-state index contributed by atoms with van der Waals surface area (Å²) >= 11 is 0. The van der Waals surface area contributed by atoms with Crippen LogP contribution in [0.2, 0.25) is 0 Å². The summed E-state index contributed by atoms with van der Waals surface area (Å²) in [5, 5.41) is 0. The Hall–Kier alpha value is -1.36. The first-order valence-corrected chi connectivity index (χ1v) is 6.19. The molecule has 0 radical (unpaired) electrons. The average Bonchev–Trinajstić information content (AvgIpc) is 2.32. The van der Waals surface area contributed by atoms with E-state index >= 15 is 0 Å². The lowest BCUT2D eigenvalue weighted by Gasteiger charge is -2.37. The van der Waals surface area contributed by atoms with E-state index in [2.05, 4.69) is 0 Å². The van der Waals surface area contributed by atoms with E-state index < -0.39 is 23.5 Å². The van der Waals surface area contributed by atoms with Gasteiger partial charge in [0.05, 0.1) is 19.3 Å². The lowest BCUT2D eigenvalue weighted by molar-refractivity contribution is -0.201. The first-order valence-electron chi connectivity index (χ1n) is 6.19. The van der Waals surface area contributed by atoms with Crippen molar-refractivity contribution in [3.63, 3.8) is 0 Å². The molecule has 0 aliphatic carbocycles. The van der Waals surface area contributed by atoms with Crippen LogP contribution >= 0.6 is 0 Å². The quantitative estimate of drug-likeness (QED) is 0.433. The summed E-state index contributed by atoms with van der Waals surface area (Å²) in [6.07, 6.45) is 3.25. The molecule has 0 spiro atoms. The molecule has 1 heterocycles. The topological polar surface area (TPSA) is 61.8 Å². The fourth-order valence-electron chi connectivity index (χ4n) is 1.93. The van der Waals surface area contributed by atoms with Gasteiger partial charge in [-0.2, -0.15) is 0 Å². The molecule has 2 atom stereocenters. The lowest BCUT2D eigenvalue weighted by atomic mass is 9.85. The number of carbonyl (C=O) groups excluding carboxylic acids is 2. The average molecular weight is 256 g/mol. The van der Waals surface area contributed by atoms with E-state index in [9.17, 15) is 9.59 Å². The number of ether oxygens (including phenoxy) is 3. The van der Waals surface area contributed by atoms with Gasteiger partial charge in [0.15, 0.2) is 0 Å². The summed E-state index contributed by atoms with van der Waals surface area (Å²) in [6, 6.07) is 0. The SMILES string of the molecule is CCOC(=O)C1(C(=O)OCC)O[C@@H](C)C=C[C@@H]1C. The van der Waals surface area contributed by atoms with E-state index in [1.165, 1.54) is 0 Å². The first-order chi connectivity index (χ1) is 8.48. The Morgan fingerprint density at radius 1 is 1.11 bits per heavy atom. The summed E-state index contributed by atoms with van der Waals surface area (Å²) in [5.41, 5.74) is -1.68. The van der Waals surface area contributed by atoms with Crippen molar-refractivity contribution in [2.45, 2.75) is 39.4 Å². The molecule has 0 bridgehead atoms. The molecular formula is C13H20O5. The number of hydrogen-bond acceptors (Lipinski definition) is 5. The summed E-state index contributed by atoms with van der Waals surface area (Å²) in [5.74, 6) is -1.80. The van der Waals surface area contributed by atoms with Crippen molar-refractivity contribution in [2.75, 3.05) is 13.2 Å². The Balaban J connectivity index is 3.12. The molecule has 0 aromatic rings. The van der Waals surface area contributed by atoms with Crippen molar-refractivity contribution in [1.82, 2.24) is 0 Å². The molecule has 0 aromatic carbocycles. The molecular weight excluding hydrogens is 236 g/mol. The zero-order chi connectivity index (χ0) is 13.8. The van der Waals surface area contributed by atoms with Crippen molar-refractivity contribution in [3.05, 3.63) is 12.2 Å². The van der Waals surface area contributed by atoms with Gasteiger partial charge in [0.1, 0.15) is 0 Å². The Morgan fingerprint density at radius 3 is 2.06 bits per heavy atom. The van der Waals surface area contributed by atoms with Crippen LogP contribution in [0.25, 0.3) is 0 Å². The molecule has 18 heavy (non-hydrogen) atoms. The molecule has 1 aliphatic heterocycles. The number of carbonyl (C=O) groups is 2. The molecule has 1 rings (SSSR count).